The number of halogens is 2. The SMILES string of the molecule is O=C(NCc1ccc(-c2ccc(Cl)cc2)o1)c1ccc2oc(Cl)nc2c1. The third-order valence-corrected chi connectivity index (χ3v) is 4.25. The van der Waals surface area contributed by atoms with Crippen molar-refractivity contribution in [2.75, 3.05) is 0 Å². The van der Waals surface area contributed by atoms with Crippen molar-refractivity contribution in [3.05, 3.63) is 76.3 Å². The number of nitrogens with zero attached hydrogens (tertiary/aromatic N) is 1. The van der Waals surface area contributed by atoms with Gasteiger partial charge in [0.1, 0.15) is 17.0 Å². The van der Waals surface area contributed by atoms with E-state index in [1.165, 1.54) is 0 Å². The number of furan rings is 1. The molecule has 7 heteroatoms. The Morgan fingerprint density at radius 2 is 1.81 bits per heavy atom. The van der Waals surface area contributed by atoms with Gasteiger partial charge < -0.3 is 14.2 Å². The summed E-state index contributed by atoms with van der Waals surface area (Å²) in [6, 6.07) is 16.0. The molecule has 2 aromatic heterocycles. The Morgan fingerprint density at radius 1 is 1.00 bits per heavy atom. The van der Waals surface area contributed by atoms with Gasteiger partial charge in [0.05, 0.1) is 6.54 Å². The molecular formula is C19H12Cl2N2O3. The van der Waals surface area contributed by atoms with E-state index in [2.05, 4.69) is 10.3 Å². The Hall–Kier alpha value is -2.76. The van der Waals surface area contributed by atoms with E-state index in [0.29, 0.717) is 33.2 Å². The Balaban J connectivity index is 1.44. The number of carbonyl (C=O) groups is 1. The van der Waals surface area contributed by atoms with Crippen molar-refractivity contribution in [1.29, 1.82) is 0 Å². The summed E-state index contributed by atoms with van der Waals surface area (Å²) in [6.07, 6.45) is 0. The quantitative estimate of drug-likeness (QED) is 0.514. The summed E-state index contributed by atoms with van der Waals surface area (Å²) in [7, 11) is 0. The number of fused-ring (bicyclic) bond motifs is 1. The molecule has 4 rings (SSSR count). The van der Waals surface area contributed by atoms with Crippen molar-refractivity contribution in [3.8, 4) is 11.3 Å². The molecule has 130 valence electrons. The molecule has 0 aliphatic carbocycles. The van der Waals surface area contributed by atoms with E-state index in [-0.39, 0.29) is 17.8 Å². The topological polar surface area (TPSA) is 68.3 Å². The number of rotatable bonds is 4. The first-order valence-electron chi connectivity index (χ1n) is 7.77. The molecule has 0 aliphatic heterocycles. The first-order chi connectivity index (χ1) is 12.6. The van der Waals surface area contributed by atoms with Gasteiger partial charge in [0.15, 0.2) is 5.58 Å². The molecule has 4 aromatic rings. The minimum atomic E-state index is -0.240. The zero-order valence-electron chi connectivity index (χ0n) is 13.3. The fourth-order valence-electron chi connectivity index (χ4n) is 2.55. The molecule has 0 bridgehead atoms. The summed E-state index contributed by atoms with van der Waals surface area (Å²) in [4.78, 5) is 16.3. The Morgan fingerprint density at radius 3 is 2.62 bits per heavy atom. The second-order valence-corrected chi connectivity index (χ2v) is 6.36. The number of nitrogens with one attached hydrogen (secondary N) is 1. The maximum atomic E-state index is 12.3. The van der Waals surface area contributed by atoms with E-state index in [0.717, 1.165) is 5.56 Å². The van der Waals surface area contributed by atoms with Crippen LogP contribution in [0.4, 0.5) is 0 Å². The van der Waals surface area contributed by atoms with Crippen LogP contribution in [0.2, 0.25) is 10.4 Å². The van der Waals surface area contributed by atoms with E-state index in [4.69, 9.17) is 32.0 Å². The molecule has 0 saturated heterocycles. The molecule has 0 saturated carbocycles. The molecule has 1 amide bonds. The third-order valence-electron chi connectivity index (χ3n) is 3.84. The number of amides is 1. The summed E-state index contributed by atoms with van der Waals surface area (Å²) in [5.41, 5.74) is 2.45. The van der Waals surface area contributed by atoms with Crippen molar-refractivity contribution in [3.63, 3.8) is 0 Å². The smallest absolute Gasteiger partial charge is 0.293 e. The van der Waals surface area contributed by atoms with Crippen molar-refractivity contribution in [1.82, 2.24) is 10.3 Å². The molecule has 0 spiro atoms. The van der Waals surface area contributed by atoms with Gasteiger partial charge in [0, 0.05) is 16.1 Å². The Bertz CT molecular complexity index is 1080. The average Bonchev–Trinajstić information content (AvgIpc) is 3.25. The van der Waals surface area contributed by atoms with Crippen LogP contribution in [0.3, 0.4) is 0 Å². The van der Waals surface area contributed by atoms with E-state index in [1.807, 2.05) is 24.3 Å². The lowest BCUT2D eigenvalue weighted by Gasteiger charge is -2.03. The van der Waals surface area contributed by atoms with E-state index in [1.54, 1.807) is 30.3 Å². The number of hydrogen-bond acceptors (Lipinski definition) is 4. The highest BCUT2D eigenvalue weighted by Crippen LogP contribution is 2.24. The highest BCUT2D eigenvalue weighted by atomic mass is 35.5. The molecule has 5 nitrogen and oxygen atoms in total. The number of oxazole rings is 1. The largest absolute Gasteiger partial charge is 0.459 e. The van der Waals surface area contributed by atoms with Crippen molar-refractivity contribution >= 4 is 40.2 Å². The molecule has 1 N–H and O–H groups in total. The van der Waals surface area contributed by atoms with Crippen molar-refractivity contribution in [2.24, 2.45) is 0 Å². The van der Waals surface area contributed by atoms with E-state index in [9.17, 15) is 4.79 Å². The van der Waals surface area contributed by atoms with Gasteiger partial charge in [-0.05, 0) is 66.2 Å². The zero-order valence-corrected chi connectivity index (χ0v) is 14.8. The van der Waals surface area contributed by atoms with Crippen LogP contribution in [0.25, 0.3) is 22.4 Å². The summed E-state index contributed by atoms with van der Waals surface area (Å²) in [5, 5.41) is 3.52. The van der Waals surface area contributed by atoms with Gasteiger partial charge in [-0.25, -0.2) is 0 Å². The van der Waals surface area contributed by atoms with Crippen molar-refractivity contribution < 1.29 is 13.6 Å². The molecule has 0 atom stereocenters. The van der Waals surface area contributed by atoms with Gasteiger partial charge in [-0.2, -0.15) is 4.98 Å². The molecule has 26 heavy (non-hydrogen) atoms. The molecule has 0 aliphatic rings. The van der Waals surface area contributed by atoms with Crippen molar-refractivity contribution in [2.45, 2.75) is 6.54 Å². The van der Waals surface area contributed by atoms with Crippen LogP contribution >= 0.6 is 23.2 Å². The zero-order chi connectivity index (χ0) is 18.1. The normalized spacial score (nSPS) is 11.0. The lowest BCUT2D eigenvalue weighted by molar-refractivity contribution is 0.0948. The van der Waals surface area contributed by atoms with Crippen LogP contribution in [0, 0.1) is 0 Å². The van der Waals surface area contributed by atoms with Crippen LogP contribution in [0.1, 0.15) is 16.1 Å². The standard InChI is InChI=1S/C19H12Cl2N2O3/c20-13-4-1-11(2-5-13)16-8-6-14(25-16)10-22-18(24)12-3-7-17-15(9-12)23-19(21)26-17/h1-9H,10H2,(H,22,24). The van der Waals surface area contributed by atoms with Crippen LogP contribution in [0.15, 0.2) is 63.4 Å². The maximum Gasteiger partial charge on any atom is 0.293 e. The second kappa shape index (κ2) is 6.86. The van der Waals surface area contributed by atoms with Crippen LogP contribution in [-0.2, 0) is 6.54 Å². The van der Waals surface area contributed by atoms with Crippen LogP contribution < -0.4 is 5.32 Å². The van der Waals surface area contributed by atoms with E-state index < -0.39 is 0 Å². The number of hydrogen-bond donors (Lipinski definition) is 1. The summed E-state index contributed by atoms with van der Waals surface area (Å²) in [5.74, 6) is 1.12. The van der Waals surface area contributed by atoms with Gasteiger partial charge >= 0.3 is 0 Å². The summed E-state index contributed by atoms with van der Waals surface area (Å²) in [6.45, 7) is 0.268. The van der Waals surface area contributed by atoms with Gasteiger partial charge in [0.2, 0.25) is 0 Å². The first kappa shape index (κ1) is 16.7. The molecule has 2 aromatic carbocycles. The molecule has 0 unspecified atom stereocenters. The third kappa shape index (κ3) is 3.45. The maximum absolute atomic E-state index is 12.3. The van der Waals surface area contributed by atoms with Crippen LogP contribution in [-0.4, -0.2) is 10.9 Å². The number of benzene rings is 2. The fraction of sp³-hybridized carbons (Fsp3) is 0.0526. The highest BCUT2D eigenvalue weighted by Gasteiger charge is 2.11. The first-order valence-corrected chi connectivity index (χ1v) is 8.53. The number of aromatic nitrogens is 1. The van der Waals surface area contributed by atoms with Crippen LogP contribution in [0.5, 0.6) is 0 Å². The number of carbonyl (C=O) groups excluding carboxylic acids is 1. The van der Waals surface area contributed by atoms with Gasteiger partial charge in [-0.3, -0.25) is 4.79 Å². The summed E-state index contributed by atoms with van der Waals surface area (Å²) < 4.78 is 11.0. The van der Waals surface area contributed by atoms with Gasteiger partial charge in [-0.15, -0.1) is 0 Å². The predicted octanol–water partition coefficient (Wildman–Crippen LogP) is 5.32. The summed E-state index contributed by atoms with van der Waals surface area (Å²) >= 11 is 11.6. The molecular weight excluding hydrogens is 375 g/mol. The fourth-order valence-corrected chi connectivity index (χ4v) is 2.85. The lowest BCUT2D eigenvalue weighted by atomic mass is 10.2. The minimum absolute atomic E-state index is 0.0443. The Labute approximate surface area is 158 Å². The Kier molecular flexibility index (Phi) is 4.41. The molecule has 0 radical (unpaired) electrons. The second-order valence-electron chi connectivity index (χ2n) is 5.60. The van der Waals surface area contributed by atoms with Gasteiger partial charge in [0.25, 0.3) is 11.3 Å². The highest BCUT2D eigenvalue weighted by molar-refractivity contribution is 6.30. The van der Waals surface area contributed by atoms with Gasteiger partial charge in [-0.1, -0.05) is 11.6 Å². The van der Waals surface area contributed by atoms with E-state index >= 15 is 0 Å². The lowest BCUT2D eigenvalue weighted by Crippen LogP contribution is -2.22. The molecule has 2 heterocycles. The molecule has 0 fully saturated rings. The monoisotopic (exact) mass is 386 g/mol. The predicted molar refractivity (Wildman–Crippen MR) is 99.3 cm³/mol. The average molecular weight is 387 g/mol. The minimum Gasteiger partial charge on any atom is -0.459 e.